The van der Waals surface area contributed by atoms with E-state index in [2.05, 4.69) is 16.9 Å². The number of benzene rings is 1. The molecule has 0 spiro atoms. The van der Waals surface area contributed by atoms with Gasteiger partial charge in [0.2, 0.25) is 0 Å². The van der Waals surface area contributed by atoms with Gasteiger partial charge in [-0.25, -0.2) is 4.98 Å². The predicted octanol–water partition coefficient (Wildman–Crippen LogP) is 3.18. The Hall–Kier alpha value is -1.48. The predicted molar refractivity (Wildman–Crippen MR) is 67.6 cm³/mol. The number of aromatic amines is 1. The largest absolute Gasteiger partial charge is 0.398 e. The number of imidazole rings is 1. The summed E-state index contributed by atoms with van der Waals surface area (Å²) in [6.45, 7) is 4.07. The smallest absolute Gasteiger partial charge is 0.106 e. The molecule has 0 unspecified atom stereocenters. The second-order valence-corrected chi connectivity index (χ2v) is 4.15. The van der Waals surface area contributed by atoms with Crippen LogP contribution < -0.4 is 5.73 Å². The lowest BCUT2D eigenvalue weighted by Crippen LogP contribution is -1.88. The molecule has 0 atom stereocenters. The summed E-state index contributed by atoms with van der Waals surface area (Å²) in [7, 11) is 0. The molecule has 1 heterocycles. The van der Waals surface area contributed by atoms with Crippen molar-refractivity contribution in [1.82, 2.24) is 9.97 Å². The molecule has 0 radical (unpaired) electrons. The summed E-state index contributed by atoms with van der Waals surface area (Å²) in [4.78, 5) is 7.76. The molecule has 0 saturated heterocycles. The van der Waals surface area contributed by atoms with Gasteiger partial charge < -0.3 is 10.7 Å². The monoisotopic (exact) mass is 235 g/mol. The van der Waals surface area contributed by atoms with Gasteiger partial charge in [0, 0.05) is 17.7 Å². The SMILES string of the molecule is CCc1nc(-c2ccc(Cl)c(N)c2)c(C)[nH]1. The topological polar surface area (TPSA) is 54.7 Å². The molecule has 1 aromatic carbocycles. The van der Waals surface area contributed by atoms with Crippen LogP contribution in [-0.4, -0.2) is 9.97 Å². The third kappa shape index (κ3) is 1.91. The van der Waals surface area contributed by atoms with Crippen LogP contribution in [0.3, 0.4) is 0 Å². The summed E-state index contributed by atoms with van der Waals surface area (Å²) in [6.07, 6.45) is 0.893. The fourth-order valence-corrected chi connectivity index (χ4v) is 1.78. The molecule has 3 N–H and O–H groups in total. The first-order chi connectivity index (χ1) is 7.61. The Morgan fingerprint density at radius 1 is 1.44 bits per heavy atom. The van der Waals surface area contributed by atoms with E-state index in [9.17, 15) is 0 Å². The lowest BCUT2D eigenvalue weighted by molar-refractivity contribution is 0.982. The summed E-state index contributed by atoms with van der Waals surface area (Å²) in [5.41, 5.74) is 9.35. The van der Waals surface area contributed by atoms with Gasteiger partial charge in [-0.05, 0) is 19.1 Å². The van der Waals surface area contributed by atoms with Gasteiger partial charge in [-0.1, -0.05) is 24.6 Å². The number of anilines is 1. The van der Waals surface area contributed by atoms with E-state index in [1.54, 1.807) is 6.07 Å². The third-order valence-corrected chi connectivity index (χ3v) is 2.88. The zero-order valence-corrected chi connectivity index (χ0v) is 10.1. The standard InChI is InChI=1S/C12H14ClN3/c1-3-11-15-7(2)12(16-11)8-4-5-9(13)10(14)6-8/h4-6H,3,14H2,1-2H3,(H,15,16). The number of nitrogen functional groups attached to an aromatic ring is 1. The number of aromatic nitrogens is 2. The van der Waals surface area contributed by atoms with Crippen LogP contribution in [0.5, 0.6) is 0 Å². The van der Waals surface area contributed by atoms with Gasteiger partial charge >= 0.3 is 0 Å². The van der Waals surface area contributed by atoms with Gasteiger partial charge in [0.05, 0.1) is 16.4 Å². The number of nitrogens with zero attached hydrogens (tertiary/aromatic N) is 1. The van der Waals surface area contributed by atoms with Crippen LogP contribution in [0.25, 0.3) is 11.3 Å². The highest BCUT2D eigenvalue weighted by molar-refractivity contribution is 6.33. The van der Waals surface area contributed by atoms with E-state index in [-0.39, 0.29) is 0 Å². The van der Waals surface area contributed by atoms with Crippen molar-refractivity contribution in [3.05, 3.63) is 34.7 Å². The normalized spacial score (nSPS) is 10.7. The van der Waals surface area contributed by atoms with Crippen molar-refractivity contribution >= 4 is 17.3 Å². The molecule has 0 aliphatic carbocycles. The molecule has 0 bridgehead atoms. The lowest BCUT2D eigenvalue weighted by Gasteiger charge is -2.02. The second-order valence-electron chi connectivity index (χ2n) is 3.75. The number of nitrogens with two attached hydrogens (primary N) is 1. The molecule has 0 aliphatic rings. The molecule has 0 saturated carbocycles. The van der Waals surface area contributed by atoms with E-state index in [0.717, 1.165) is 29.2 Å². The number of hydrogen-bond donors (Lipinski definition) is 2. The summed E-state index contributed by atoms with van der Waals surface area (Å²) in [6, 6.07) is 5.58. The summed E-state index contributed by atoms with van der Waals surface area (Å²) in [5, 5.41) is 0.577. The zero-order valence-electron chi connectivity index (χ0n) is 9.34. The third-order valence-electron chi connectivity index (χ3n) is 2.54. The number of aryl methyl sites for hydroxylation is 2. The Labute approximate surface area is 99.7 Å². The van der Waals surface area contributed by atoms with Crippen LogP contribution in [0, 0.1) is 6.92 Å². The number of H-pyrrole nitrogens is 1. The van der Waals surface area contributed by atoms with Crippen molar-refractivity contribution in [2.45, 2.75) is 20.3 Å². The van der Waals surface area contributed by atoms with E-state index in [0.29, 0.717) is 10.7 Å². The van der Waals surface area contributed by atoms with Crippen molar-refractivity contribution in [2.75, 3.05) is 5.73 Å². The van der Waals surface area contributed by atoms with Gasteiger partial charge in [0.1, 0.15) is 5.82 Å². The fourth-order valence-electron chi connectivity index (χ4n) is 1.66. The molecule has 0 amide bonds. The van der Waals surface area contributed by atoms with Crippen molar-refractivity contribution in [3.63, 3.8) is 0 Å². The fraction of sp³-hybridized carbons (Fsp3) is 0.250. The molecule has 4 heteroatoms. The van der Waals surface area contributed by atoms with Crippen molar-refractivity contribution in [3.8, 4) is 11.3 Å². The number of hydrogen-bond acceptors (Lipinski definition) is 2. The molecule has 0 fully saturated rings. The molecular weight excluding hydrogens is 222 g/mol. The minimum absolute atomic E-state index is 0.577. The van der Waals surface area contributed by atoms with E-state index >= 15 is 0 Å². The quantitative estimate of drug-likeness (QED) is 0.786. The highest BCUT2D eigenvalue weighted by Crippen LogP contribution is 2.27. The van der Waals surface area contributed by atoms with Crippen molar-refractivity contribution < 1.29 is 0 Å². The van der Waals surface area contributed by atoms with Crippen LogP contribution >= 0.6 is 11.6 Å². The first-order valence-electron chi connectivity index (χ1n) is 5.22. The Balaban J connectivity index is 2.49. The van der Waals surface area contributed by atoms with E-state index in [4.69, 9.17) is 17.3 Å². The van der Waals surface area contributed by atoms with Crippen LogP contribution in [0.4, 0.5) is 5.69 Å². The lowest BCUT2D eigenvalue weighted by atomic mass is 10.1. The molecule has 2 rings (SSSR count). The van der Waals surface area contributed by atoms with Crippen LogP contribution in [-0.2, 0) is 6.42 Å². The van der Waals surface area contributed by atoms with E-state index in [1.165, 1.54) is 0 Å². The molecule has 84 valence electrons. The Bertz CT molecular complexity index is 517. The Morgan fingerprint density at radius 3 is 2.75 bits per heavy atom. The zero-order chi connectivity index (χ0) is 11.7. The summed E-state index contributed by atoms with van der Waals surface area (Å²) in [5.74, 6) is 0.987. The maximum atomic E-state index is 5.89. The molecular formula is C12H14ClN3. The average molecular weight is 236 g/mol. The van der Waals surface area contributed by atoms with Gasteiger partial charge in [0.15, 0.2) is 0 Å². The Kier molecular flexibility index (Phi) is 2.88. The van der Waals surface area contributed by atoms with Crippen LogP contribution in [0.2, 0.25) is 5.02 Å². The molecule has 1 aromatic heterocycles. The number of nitrogens with one attached hydrogen (secondary N) is 1. The minimum Gasteiger partial charge on any atom is -0.398 e. The van der Waals surface area contributed by atoms with E-state index in [1.807, 2.05) is 19.1 Å². The minimum atomic E-state index is 0.577. The number of halogens is 1. The van der Waals surface area contributed by atoms with Gasteiger partial charge in [-0.3, -0.25) is 0 Å². The second kappa shape index (κ2) is 4.18. The van der Waals surface area contributed by atoms with Crippen molar-refractivity contribution in [2.24, 2.45) is 0 Å². The molecule has 2 aromatic rings. The first-order valence-corrected chi connectivity index (χ1v) is 5.60. The highest BCUT2D eigenvalue weighted by Gasteiger charge is 2.09. The Morgan fingerprint density at radius 2 is 2.19 bits per heavy atom. The van der Waals surface area contributed by atoms with E-state index < -0.39 is 0 Å². The van der Waals surface area contributed by atoms with Crippen LogP contribution in [0.15, 0.2) is 18.2 Å². The molecule has 0 aliphatic heterocycles. The van der Waals surface area contributed by atoms with Gasteiger partial charge in [0.25, 0.3) is 0 Å². The average Bonchev–Trinajstić information content (AvgIpc) is 2.64. The summed E-state index contributed by atoms with van der Waals surface area (Å²) >= 11 is 5.89. The summed E-state index contributed by atoms with van der Waals surface area (Å²) < 4.78 is 0. The highest BCUT2D eigenvalue weighted by atomic mass is 35.5. The van der Waals surface area contributed by atoms with Crippen molar-refractivity contribution in [1.29, 1.82) is 0 Å². The number of rotatable bonds is 2. The van der Waals surface area contributed by atoms with Gasteiger partial charge in [-0.2, -0.15) is 0 Å². The first kappa shape index (κ1) is 11.0. The maximum absolute atomic E-state index is 5.89. The molecule has 3 nitrogen and oxygen atoms in total. The maximum Gasteiger partial charge on any atom is 0.106 e. The molecule has 16 heavy (non-hydrogen) atoms. The van der Waals surface area contributed by atoms with Crippen LogP contribution in [0.1, 0.15) is 18.4 Å². The van der Waals surface area contributed by atoms with Gasteiger partial charge in [-0.15, -0.1) is 0 Å².